The molecule has 0 aromatic carbocycles. The smallest absolute Gasteiger partial charge is 0.317 e. The van der Waals surface area contributed by atoms with Crippen LogP contribution in [0, 0.1) is 39.9 Å². The van der Waals surface area contributed by atoms with Gasteiger partial charge in [-0.2, -0.15) is 0 Å². The fourth-order valence-corrected chi connectivity index (χ4v) is 6.20. The fourth-order valence-electron chi connectivity index (χ4n) is 6.20. The molecule has 23 heteroatoms. The van der Waals surface area contributed by atoms with Crippen LogP contribution in [0.3, 0.4) is 0 Å². The van der Waals surface area contributed by atoms with E-state index < -0.39 is 35.8 Å². The van der Waals surface area contributed by atoms with Crippen LogP contribution in [0.2, 0.25) is 0 Å². The quantitative estimate of drug-likeness (QED) is 0.0863. The van der Waals surface area contributed by atoms with Crippen molar-refractivity contribution < 1.29 is 109 Å². The summed E-state index contributed by atoms with van der Waals surface area (Å²) in [5.74, 6) is -5.90. The number of ketones is 2. The fraction of sp³-hybridized carbons (Fsp3) is 0.765. The molecule has 6 N–H and O–H groups in total. The van der Waals surface area contributed by atoms with Gasteiger partial charge in [-0.15, -0.1) is 0 Å². The van der Waals surface area contributed by atoms with Crippen LogP contribution in [0.25, 0.3) is 0 Å². The number of carbonyl (C=O) groups is 8. The van der Waals surface area contributed by atoms with Gasteiger partial charge in [-0.25, -0.2) is 0 Å². The van der Waals surface area contributed by atoms with E-state index in [-0.39, 0.29) is 104 Å². The van der Waals surface area contributed by atoms with Crippen molar-refractivity contribution in [2.45, 2.75) is 13.8 Å². The second-order valence-electron chi connectivity index (χ2n) is 14.0. The average molecular weight is 962 g/mol. The van der Waals surface area contributed by atoms with E-state index >= 15 is 0 Å². The zero-order valence-electron chi connectivity index (χ0n) is 32.9. The SMILES string of the molecule is CC(=O)CN1CCN(CC(=O)O)CCN(CC(=O)O)CCN(CC(=O)O)CC1.CC(=O)CN1CCN(CC(=O)O)CCN(CC(=O)O)CCN(CC(=O)O)CC1.[Gd]. The number of hydrogen-bond donors (Lipinski definition) is 6. The predicted octanol–water partition coefficient (Wildman–Crippen LogP) is -3.90. The van der Waals surface area contributed by atoms with Crippen molar-refractivity contribution >= 4 is 47.4 Å². The second kappa shape index (κ2) is 30.2. The Balaban J connectivity index is 0.00000108. The molecule has 57 heavy (non-hydrogen) atoms. The van der Waals surface area contributed by atoms with Gasteiger partial charge in [0.25, 0.3) is 0 Å². The number of rotatable bonds is 16. The minimum absolute atomic E-state index is 0. The van der Waals surface area contributed by atoms with Crippen LogP contribution < -0.4 is 0 Å². The third-order valence-corrected chi connectivity index (χ3v) is 8.91. The second-order valence-corrected chi connectivity index (χ2v) is 14.0. The van der Waals surface area contributed by atoms with Gasteiger partial charge in [0, 0.05) is 145 Å². The van der Waals surface area contributed by atoms with Crippen LogP contribution in [0.15, 0.2) is 0 Å². The molecule has 22 nitrogen and oxygen atoms in total. The van der Waals surface area contributed by atoms with E-state index in [1.165, 1.54) is 13.8 Å². The van der Waals surface area contributed by atoms with Crippen molar-refractivity contribution in [1.82, 2.24) is 39.2 Å². The van der Waals surface area contributed by atoms with Gasteiger partial charge in [0.2, 0.25) is 0 Å². The summed E-state index contributed by atoms with van der Waals surface area (Å²) in [4.78, 5) is 104. The van der Waals surface area contributed by atoms with Crippen molar-refractivity contribution in [2.75, 3.05) is 157 Å². The molecule has 0 unspecified atom stereocenters. The summed E-state index contributed by atoms with van der Waals surface area (Å²) < 4.78 is 0. The molecular formula is C34H60GdN8O14. The number of hydrogen-bond acceptors (Lipinski definition) is 16. The summed E-state index contributed by atoms with van der Waals surface area (Å²) in [6.07, 6.45) is 0. The van der Waals surface area contributed by atoms with Gasteiger partial charge in [-0.1, -0.05) is 0 Å². The molecule has 0 radical (unpaired) electrons. The first-order valence-electron chi connectivity index (χ1n) is 18.4. The third kappa shape index (κ3) is 29.1. The molecule has 2 rings (SSSR count). The van der Waals surface area contributed by atoms with E-state index in [1.807, 2.05) is 9.80 Å². The van der Waals surface area contributed by atoms with Crippen LogP contribution >= 0.6 is 0 Å². The predicted molar refractivity (Wildman–Crippen MR) is 199 cm³/mol. The van der Waals surface area contributed by atoms with E-state index in [4.69, 9.17) is 30.6 Å². The molecule has 0 atom stereocenters. The first kappa shape index (κ1) is 54.2. The maximum absolute atomic E-state index is 11.5. The topological polar surface area (TPSA) is 284 Å². The summed E-state index contributed by atoms with van der Waals surface area (Å²) in [6.45, 7) is 8.74. The van der Waals surface area contributed by atoms with Crippen LogP contribution in [-0.4, -0.2) is 274 Å². The van der Waals surface area contributed by atoms with Crippen LogP contribution in [0.1, 0.15) is 13.8 Å². The zero-order valence-corrected chi connectivity index (χ0v) is 35.1. The maximum atomic E-state index is 11.5. The number of nitrogens with zero attached hydrogens (tertiary/aromatic N) is 8. The molecule has 2 aliphatic rings. The van der Waals surface area contributed by atoms with E-state index in [1.54, 1.807) is 29.4 Å². The van der Waals surface area contributed by atoms with Gasteiger partial charge in [0.05, 0.1) is 52.4 Å². The molecule has 2 saturated heterocycles. The van der Waals surface area contributed by atoms with Gasteiger partial charge < -0.3 is 30.6 Å². The van der Waals surface area contributed by atoms with Gasteiger partial charge in [-0.05, 0) is 13.8 Å². The molecule has 0 bridgehead atoms. The Morgan fingerprint density at radius 3 is 0.474 bits per heavy atom. The summed E-state index contributed by atoms with van der Waals surface area (Å²) in [6, 6.07) is 0. The summed E-state index contributed by atoms with van der Waals surface area (Å²) >= 11 is 0. The van der Waals surface area contributed by atoms with Gasteiger partial charge in [-0.3, -0.25) is 77.6 Å². The summed E-state index contributed by atoms with van der Waals surface area (Å²) in [5, 5.41) is 54.7. The monoisotopic (exact) mass is 962 g/mol. The average Bonchev–Trinajstić information content (AvgIpc) is 3.05. The normalized spacial score (nSPS) is 19.1. The van der Waals surface area contributed by atoms with Crippen LogP contribution in [-0.2, 0) is 38.4 Å². The third-order valence-electron chi connectivity index (χ3n) is 8.91. The molecule has 2 heterocycles. The standard InChI is InChI=1S/2C17H30N4O7.Gd/c2*1-14(22)10-18-2-4-19(11-15(23)24)6-8-21(13-17(27)28)9-7-20(5-3-18)12-16(25)26;/h2*2-13H2,1H3,(H,23,24)(H,25,26)(H,27,28);. The van der Waals surface area contributed by atoms with Crippen molar-refractivity contribution in [3.05, 3.63) is 0 Å². The summed E-state index contributed by atoms with van der Waals surface area (Å²) in [5.41, 5.74) is 0. The van der Waals surface area contributed by atoms with Crippen molar-refractivity contribution in [3.63, 3.8) is 0 Å². The summed E-state index contributed by atoms with van der Waals surface area (Å²) in [7, 11) is 0. The van der Waals surface area contributed by atoms with E-state index in [0.29, 0.717) is 105 Å². The minimum Gasteiger partial charge on any atom is -0.480 e. The zero-order chi connectivity index (χ0) is 42.2. The molecule has 328 valence electrons. The Bertz CT molecular complexity index is 995. The number of carboxylic acid groups (broad SMARTS) is 6. The molecule has 2 fully saturated rings. The van der Waals surface area contributed by atoms with E-state index in [0.717, 1.165) is 0 Å². The van der Waals surface area contributed by atoms with Gasteiger partial charge >= 0.3 is 35.8 Å². The number of carboxylic acids is 6. The Hall–Kier alpha value is -2.84. The van der Waals surface area contributed by atoms with Crippen molar-refractivity contribution in [3.8, 4) is 0 Å². The Morgan fingerprint density at radius 2 is 0.386 bits per heavy atom. The first-order chi connectivity index (χ1) is 26.3. The Labute approximate surface area is 364 Å². The number of Topliss-reactive ketones (excluding diaryl/α,β-unsaturated/α-hetero) is 2. The Morgan fingerprint density at radius 1 is 0.281 bits per heavy atom. The number of carbonyl (C=O) groups excluding carboxylic acids is 2. The van der Waals surface area contributed by atoms with E-state index in [2.05, 4.69) is 0 Å². The van der Waals surface area contributed by atoms with E-state index in [9.17, 15) is 38.4 Å². The van der Waals surface area contributed by atoms with Gasteiger partial charge in [0.1, 0.15) is 11.6 Å². The molecule has 0 aromatic heterocycles. The van der Waals surface area contributed by atoms with Crippen LogP contribution in [0.5, 0.6) is 0 Å². The van der Waals surface area contributed by atoms with Crippen molar-refractivity contribution in [1.29, 1.82) is 0 Å². The Kier molecular flexibility index (Phi) is 28.7. The molecule has 0 saturated carbocycles. The van der Waals surface area contributed by atoms with Gasteiger partial charge in [0.15, 0.2) is 0 Å². The van der Waals surface area contributed by atoms with Crippen molar-refractivity contribution in [2.24, 2.45) is 0 Å². The molecule has 0 aliphatic carbocycles. The number of aliphatic carboxylic acids is 6. The molecule has 0 amide bonds. The minimum atomic E-state index is -0.991. The van der Waals surface area contributed by atoms with Crippen LogP contribution in [0.4, 0.5) is 0 Å². The largest absolute Gasteiger partial charge is 0.480 e. The maximum Gasteiger partial charge on any atom is 0.317 e. The molecule has 2 aliphatic heterocycles. The first-order valence-corrected chi connectivity index (χ1v) is 18.4. The molecule has 0 spiro atoms. The molecule has 0 aromatic rings. The molecular weight excluding hydrogens is 902 g/mol.